The molecule has 6 nitrogen and oxygen atoms in total. The van der Waals surface area contributed by atoms with Crippen molar-refractivity contribution in [1.29, 1.82) is 0 Å². The van der Waals surface area contributed by atoms with Gasteiger partial charge < -0.3 is 20.1 Å². The molecule has 1 unspecified atom stereocenters. The smallest absolute Gasteiger partial charge is 0.251 e. The number of hydrogen-bond donors (Lipinski definition) is 3. The first-order chi connectivity index (χ1) is 12.6. The molecule has 3 N–H and O–H groups in total. The van der Waals surface area contributed by atoms with Gasteiger partial charge in [0.05, 0.1) is 18.3 Å². The quantitative estimate of drug-likeness (QED) is 0.633. The van der Waals surface area contributed by atoms with E-state index < -0.39 is 12.7 Å². The van der Waals surface area contributed by atoms with Crippen molar-refractivity contribution in [1.82, 2.24) is 10.5 Å². The highest BCUT2D eigenvalue weighted by Gasteiger charge is 2.17. The van der Waals surface area contributed by atoms with E-state index in [0.717, 1.165) is 22.4 Å². The van der Waals surface area contributed by atoms with E-state index in [0.29, 0.717) is 11.3 Å². The van der Waals surface area contributed by atoms with Crippen LogP contribution in [0.2, 0.25) is 0 Å². The number of rotatable bonds is 6. The SMILES string of the molecule is Cc1onc(-c2ccccc2)c1-c1ccc(C(=O)NCC(O)CO)cc1. The van der Waals surface area contributed by atoms with E-state index >= 15 is 0 Å². The van der Waals surface area contributed by atoms with Crippen LogP contribution in [0, 0.1) is 6.92 Å². The molecule has 1 amide bonds. The first kappa shape index (κ1) is 17.8. The van der Waals surface area contributed by atoms with Gasteiger partial charge in [0.25, 0.3) is 5.91 Å². The Morgan fingerprint density at radius 1 is 1.12 bits per heavy atom. The second kappa shape index (κ2) is 7.95. The molecule has 2 aromatic carbocycles. The topological polar surface area (TPSA) is 95.6 Å². The van der Waals surface area contributed by atoms with Gasteiger partial charge in [0.1, 0.15) is 11.5 Å². The molecule has 0 bridgehead atoms. The van der Waals surface area contributed by atoms with Crippen LogP contribution >= 0.6 is 0 Å². The number of carbonyl (C=O) groups is 1. The number of benzene rings is 2. The third-order valence-corrected chi connectivity index (χ3v) is 4.05. The number of carbonyl (C=O) groups excluding carboxylic acids is 1. The number of amides is 1. The van der Waals surface area contributed by atoms with Gasteiger partial charge in [0, 0.05) is 17.7 Å². The molecule has 0 radical (unpaired) electrons. The van der Waals surface area contributed by atoms with Gasteiger partial charge >= 0.3 is 0 Å². The summed E-state index contributed by atoms with van der Waals surface area (Å²) >= 11 is 0. The van der Waals surface area contributed by atoms with Gasteiger partial charge in [-0.2, -0.15) is 0 Å². The molecule has 1 aromatic heterocycles. The summed E-state index contributed by atoms with van der Waals surface area (Å²) in [4.78, 5) is 12.1. The predicted octanol–water partition coefficient (Wildman–Crippen LogP) is 2.40. The molecule has 0 saturated carbocycles. The van der Waals surface area contributed by atoms with E-state index in [4.69, 9.17) is 9.63 Å². The van der Waals surface area contributed by atoms with E-state index in [1.54, 1.807) is 12.1 Å². The molecule has 1 atom stereocenters. The standard InChI is InChI=1S/C20H20N2O4/c1-13-18(19(22-26-13)15-5-3-2-4-6-15)14-7-9-16(10-8-14)20(25)21-11-17(24)12-23/h2-10,17,23-24H,11-12H2,1H3,(H,21,25). The van der Waals surface area contributed by atoms with E-state index in [9.17, 15) is 9.90 Å². The first-order valence-electron chi connectivity index (χ1n) is 8.29. The minimum Gasteiger partial charge on any atom is -0.394 e. The molecular formula is C20H20N2O4. The lowest BCUT2D eigenvalue weighted by molar-refractivity contribution is 0.0802. The third-order valence-electron chi connectivity index (χ3n) is 4.05. The Hall–Kier alpha value is -2.96. The molecule has 0 aliphatic rings. The molecule has 3 rings (SSSR count). The summed E-state index contributed by atoms with van der Waals surface area (Å²) in [6.45, 7) is 1.46. The number of aliphatic hydroxyl groups excluding tert-OH is 2. The number of nitrogens with zero attached hydrogens (tertiary/aromatic N) is 1. The Bertz CT molecular complexity index is 873. The van der Waals surface area contributed by atoms with Gasteiger partial charge in [-0.25, -0.2) is 0 Å². The molecule has 0 aliphatic heterocycles. The molecule has 0 spiro atoms. The van der Waals surface area contributed by atoms with Crippen molar-refractivity contribution >= 4 is 5.91 Å². The van der Waals surface area contributed by atoms with E-state index in [1.165, 1.54) is 0 Å². The number of aryl methyl sites for hydroxylation is 1. The third kappa shape index (κ3) is 3.82. The average molecular weight is 352 g/mol. The Labute approximate surface area is 151 Å². The summed E-state index contributed by atoms with van der Waals surface area (Å²) in [5.41, 5.74) is 3.97. The molecule has 26 heavy (non-hydrogen) atoms. The molecule has 0 saturated heterocycles. The lowest BCUT2D eigenvalue weighted by Crippen LogP contribution is -2.33. The van der Waals surface area contributed by atoms with E-state index in [2.05, 4.69) is 10.5 Å². The maximum atomic E-state index is 12.1. The van der Waals surface area contributed by atoms with E-state index in [-0.39, 0.29) is 12.5 Å². The summed E-state index contributed by atoms with van der Waals surface area (Å²) in [6, 6.07) is 16.8. The van der Waals surface area contributed by atoms with Gasteiger partial charge in [-0.3, -0.25) is 4.79 Å². The lowest BCUT2D eigenvalue weighted by Gasteiger charge is -2.09. The van der Waals surface area contributed by atoms with Crippen LogP contribution in [0.15, 0.2) is 59.1 Å². The molecule has 134 valence electrons. The molecule has 0 fully saturated rings. The maximum Gasteiger partial charge on any atom is 0.251 e. The second-order valence-corrected chi connectivity index (χ2v) is 5.95. The van der Waals surface area contributed by atoms with Gasteiger partial charge in [-0.15, -0.1) is 0 Å². The first-order valence-corrected chi connectivity index (χ1v) is 8.29. The number of hydrogen-bond acceptors (Lipinski definition) is 5. The number of aliphatic hydroxyl groups is 2. The second-order valence-electron chi connectivity index (χ2n) is 5.95. The molecule has 6 heteroatoms. The lowest BCUT2D eigenvalue weighted by atomic mass is 9.98. The molecular weight excluding hydrogens is 332 g/mol. The van der Waals surface area contributed by atoms with Gasteiger partial charge in [-0.05, 0) is 24.6 Å². The van der Waals surface area contributed by atoms with Crippen molar-refractivity contribution in [2.24, 2.45) is 0 Å². The predicted molar refractivity (Wildman–Crippen MR) is 97.5 cm³/mol. The van der Waals surface area contributed by atoms with Crippen LogP contribution in [0.1, 0.15) is 16.1 Å². The minimum absolute atomic E-state index is 0.00000120. The fraction of sp³-hybridized carbons (Fsp3) is 0.200. The van der Waals surface area contributed by atoms with Gasteiger partial charge in [0.2, 0.25) is 0 Å². The Morgan fingerprint density at radius 3 is 2.46 bits per heavy atom. The van der Waals surface area contributed by atoms with Crippen LogP contribution in [-0.4, -0.2) is 40.5 Å². The summed E-state index contributed by atoms with van der Waals surface area (Å²) < 4.78 is 5.38. The van der Waals surface area contributed by atoms with Crippen molar-refractivity contribution in [3.63, 3.8) is 0 Å². The normalized spacial score (nSPS) is 12.0. The fourth-order valence-electron chi connectivity index (χ4n) is 2.67. The van der Waals surface area contributed by atoms with Crippen LogP contribution in [0.4, 0.5) is 0 Å². The van der Waals surface area contributed by atoms with Crippen molar-refractivity contribution in [3.05, 3.63) is 65.9 Å². The van der Waals surface area contributed by atoms with Crippen LogP contribution in [0.5, 0.6) is 0 Å². The zero-order valence-corrected chi connectivity index (χ0v) is 14.3. The molecule has 1 heterocycles. The van der Waals surface area contributed by atoms with Crippen LogP contribution in [0.3, 0.4) is 0 Å². The zero-order valence-electron chi connectivity index (χ0n) is 14.3. The van der Waals surface area contributed by atoms with Crippen LogP contribution in [0.25, 0.3) is 22.4 Å². The van der Waals surface area contributed by atoms with Gasteiger partial charge in [-0.1, -0.05) is 47.6 Å². The van der Waals surface area contributed by atoms with E-state index in [1.807, 2.05) is 49.4 Å². The Balaban J connectivity index is 1.84. The Kier molecular flexibility index (Phi) is 5.46. The number of nitrogens with one attached hydrogen (secondary N) is 1. The van der Waals surface area contributed by atoms with Crippen molar-refractivity contribution in [3.8, 4) is 22.4 Å². The van der Waals surface area contributed by atoms with Crippen molar-refractivity contribution in [2.75, 3.05) is 13.2 Å². The molecule has 3 aromatic rings. The zero-order chi connectivity index (χ0) is 18.5. The van der Waals surface area contributed by atoms with Crippen LogP contribution < -0.4 is 5.32 Å². The number of aromatic nitrogens is 1. The highest BCUT2D eigenvalue weighted by molar-refractivity contribution is 5.95. The minimum atomic E-state index is -0.966. The maximum absolute atomic E-state index is 12.1. The van der Waals surface area contributed by atoms with Crippen molar-refractivity contribution < 1.29 is 19.5 Å². The van der Waals surface area contributed by atoms with Crippen LogP contribution in [-0.2, 0) is 0 Å². The fourth-order valence-corrected chi connectivity index (χ4v) is 2.67. The monoisotopic (exact) mass is 352 g/mol. The Morgan fingerprint density at radius 2 is 1.81 bits per heavy atom. The summed E-state index contributed by atoms with van der Waals surface area (Å²) in [5.74, 6) is 0.390. The average Bonchev–Trinajstić information content (AvgIpc) is 3.08. The largest absolute Gasteiger partial charge is 0.394 e. The van der Waals surface area contributed by atoms with Crippen molar-refractivity contribution in [2.45, 2.75) is 13.0 Å². The molecule has 0 aliphatic carbocycles. The van der Waals surface area contributed by atoms with Gasteiger partial charge in [0.15, 0.2) is 0 Å². The highest BCUT2D eigenvalue weighted by atomic mass is 16.5. The summed E-state index contributed by atoms with van der Waals surface area (Å²) in [5, 5.41) is 24.8. The highest BCUT2D eigenvalue weighted by Crippen LogP contribution is 2.34. The summed E-state index contributed by atoms with van der Waals surface area (Å²) in [7, 11) is 0. The summed E-state index contributed by atoms with van der Waals surface area (Å²) in [6.07, 6.45) is -0.966.